The summed E-state index contributed by atoms with van der Waals surface area (Å²) < 4.78 is 19.7. The van der Waals surface area contributed by atoms with Gasteiger partial charge in [0, 0.05) is 37.8 Å². The Kier molecular flexibility index (Phi) is 6.95. The van der Waals surface area contributed by atoms with Crippen LogP contribution in [0, 0.1) is 5.82 Å². The Labute approximate surface area is 182 Å². The van der Waals surface area contributed by atoms with E-state index in [9.17, 15) is 9.50 Å². The van der Waals surface area contributed by atoms with Gasteiger partial charge in [0.05, 0.1) is 18.9 Å². The number of aromatic hydroxyl groups is 1. The minimum absolute atomic E-state index is 0.0462. The monoisotopic (exact) mass is 443 g/mol. The predicted molar refractivity (Wildman–Crippen MR) is 115 cm³/mol. The number of hydrogen-bond acceptors (Lipinski definition) is 10. The zero-order chi connectivity index (χ0) is 23.3. The van der Waals surface area contributed by atoms with Gasteiger partial charge in [-0.3, -0.25) is 4.79 Å². The van der Waals surface area contributed by atoms with Gasteiger partial charge in [0.25, 0.3) is 5.97 Å². The van der Waals surface area contributed by atoms with E-state index in [1.54, 1.807) is 6.07 Å². The summed E-state index contributed by atoms with van der Waals surface area (Å²) >= 11 is 0. The van der Waals surface area contributed by atoms with Crippen molar-refractivity contribution in [2.45, 2.75) is 6.92 Å². The fraction of sp³-hybridized carbons (Fsp3) is 0.250. The summed E-state index contributed by atoms with van der Waals surface area (Å²) in [7, 11) is 0. The van der Waals surface area contributed by atoms with Crippen LogP contribution in [0.1, 0.15) is 6.92 Å². The number of aliphatic carboxylic acids is 1. The van der Waals surface area contributed by atoms with Gasteiger partial charge in [-0.15, -0.1) is 0 Å². The number of carboxylic acids is 1. The van der Waals surface area contributed by atoms with Crippen LogP contribution in [0.2, 0.25) is 0 Å². The molecular formula is C20H22FN7O4. The molecule has 4 rings (SSSR count). The van der Waals surface area contributed by atoms with E-state index in [4.69, 9.17) is 26.1 Å². The Morgan fingerprint density at radius 3 is 2.50 bits per heavy atom. The largest absolute Gasteiger partial charge is 0.506 e. The van der Waals surface area contributed by atoms with Gasteiger partial charge < -0.3 is 31.3 Å². The summed E-state index contributed by atoms with van der Waals surface area (Å²) in [5.41, 5.74) is 12.4. The summed E-state index contributed by atoms with van der Waals surface area (Å²) in [5, 5.41) is 17.7. The van der Waals surface area contributed by atoms with Crippen LogP contribution in [0.25, 0.3) is 22.6 Å². The second-order valence-corrected chi connectivity index (χ2v) is 6.71. The molecule has 6 N–H and O–H groups in total. The average molecular weight is 443 g/mol. The van der Waals surface area contributed by atoms with Gasteiger partial charge in [-0.25, -0.2) is 19.3 Å². The van der Waals surface area contributed by atoms with E-state index in [2.05, 4.69) is 19.9 Å². The predicted octanol–water partition coefficient (Wildman–Crippen LogP) is 1.54. The van der Waals surface area contributed by atoms with Crippen molar-refractivity contribution in [3.8, 4) is 28.4 Å². The number of rotatable bonds is 3. The normalized spacial score (nSPS) is 13.2. The Bertz CT molecular complexity index is 1120. The number of pyridine rings is 2. The number of aromatic nitrogens is 4. The van der Waals surface area contributed by atoms with Crippen molar-refractivity contribution in [3.05, 3.63) is 36.3 Å². The van der Waals surface area contributed by atoms with Crippen LogP contribution in [0.5, 0.6) is 5.75 Å². The van der Waals surface area contributed by atoms with Gasteiger partial charge in [-0.2, -0.15) is 4.98 Å². The summed E-state index contributed by atoms with van der Waals surface area (Å²) in [5.74, 6) is -1.20. The lowest BCUT2D eigenvalue weighted by Gasteiger charge is -2.28. The summed E-state index contributed by atoms with van der Waals surface area (Å²) in [6.07, 6.45) is 1.39. The first-order valence-corrected chi connectivity index (χ1v) is 9.53. The third-order valence-electron chi connectivity index (χ3n) is 4.37. The fourth-order valence-electron chi connectivity index (χ4n) is 2.98. The topological polar surface area (TPSA) is 174 Å². The number of anilines is 3. The summed E-state index contributed by atoms with van der Waals surface area (Å²) in [4.78, 5) is 27.6. The molecule has 0 aromatic carbocycles. The quantitative estimate of drug-likeness (QED) is 0.462. The molecule has 12 heteroatoms. The molecule has 0 saturated carbocycles. The number of nitrogens with zero attached hydrogens (tertiary/aromatic N) is 5. The maximum Gasteiger partial charge on any atom is 0.300 e. The highest BCUT2D eigenvalue weighted by atomic mass is 19.1. The van der Waals surface area contributed by atoms with Crippen LogP contribution >= 0.6 is 0 Å². The average Bonchev–Trinajstić information content (AvgIpc) is 2.76. The molecule has 1 aliphatic rings. The van der Waals surface area contributed by atoms with Crippen LogP contribution in [0.4, 0.5) is 22.0 Å². The molecule has 0 amide bonds. The van der Waals surface area contributed by atoms with Crippen molar-refractivity contribution in [1.29, 1.82) is 0 Å². The Morgan fingerprint density at radius 2 is 1.81 bits per heavy atom. The highest BCUT2D eigenvalue weighted by molar-refractivity contribution is 5.72. The van der Waals surface area contributed by atoms with Gasteiger partial charge in [-0.1, -0.05) is 0 Å². The van der Waals surface area contributed by atoms with Gasteiger partial charge in [-0.05, 0) is 18.2 Å². The maximum absolute atomic E-state index is 14.3. The number of halogens is 1. The first-order valence-electron chi connectivity index (χ1n) is 9.53. The number of hydrogen-bond donors (Lipinski definition) is 4. The minimum atomic E-state index is -0.833. The molecule has 4 heterocycles. The van der Waals surface area contributed by atoms with Crippen molar-refractivity contribution >= 4 is 23.6 Å². The van der Waals surface area contributed by atoms with Crippen LogP contribution in [0.3, 0.4) is 0 Å². The highest BCUT2D eigenvalue weighted by Gasteiger charge is 2.18. The van der Waals surface area contributed by atoms with Crippen molar-refractivity contribution in [2.75, 3.05) is 42.7 Å². The van der Waals surface area contributed by atoms with E-state index in [1.165, 1.54) is 24.4 Å². The molecule has 1 fully saturated rings. The maximum atomic E-state index is 14.3. The number of carboxylic acid groups (broad SMARTS) is 1. The Hall–Kier alpha value is -4.06. The highest BCUT2D eigenvalue weighted by Crippen LogP contribution is 2.32. The van der Waals surface area contributed by atoms with E-state index in [1.807, 2.05) is 4.90 Å². The van der Waals surface area contributed by atoms with Crippen molar-refractivity contribution in [2.24, 2.45) is 0 Å². The smallest absolute Gasteiger partial charge is 0.300 e. The Morgan fingerprint density at radius 1 is 1.12 bits per heavy atom. The second-order valence-electron chi connectivity index (χ2n) is 6.71. The van der Waals surface area contributed by atoms with Crippen LogP contribution in [-0.4, -0.2) is 62.4 Å². The molecule has 168 valence electrons. The number of nitrogen functional groups attached to an aromatic ring is 2. The van der Waals surface area contributed by atoms with Crippen LogP contribution < -0.4 is 16.4 Å². The molecule has 1 aliphatic heterocycles. The number of morpholine rings is 1. The second kappa shape index (κ2) is 9.83. The minimum Gasteiger partial charge on any atom is -0.506 e. The molecule has 32 heavy (non-hydrogen) atoms. The Balaban J connectivity index is 0.000000668. The molecular weight excluding hydrogens is 421 g/mol. The molecule has 3 aromatic heterocycles. The number of nitrogens with two attached hydrogens (primary N) is 2. The van der Waals surface area contributed by atoms with Crippen molar-refractivity contribution in [3.63, 3.8) is 0 Å². The molecule has 0 aliphatic carbocycles. The van der Waals surface area contributed by atoms with E-state index >= 15 is 0 Å². The van der Waals surface area contributed by atoms with Gasteiger partial charge in [0.15, 0.2) is 11.6 Å². The zero-order valence-corrected chi connectivity index (χ0v) is 17.2. The van der Waals surface area contributed by atoms with E-state index in [0.717, 1.165) is 6.92 Å². The van der Waals surface area contributed by atoms with Gasteiger partial charge >= 0.3 is 0 Å². The molecule has 0 atom stereocenters. The molecule has 0 bridgehead atoms. The van der Waals surface area contributed by atoms with Crippen LogP contribution in [-0.2, 0) is 9.53 Å². The number of carbonyl (C=O) groups is 1. The first kappa shape index (κ1) is 22.6. The molecule has 0 spiro atoms. The van der Waals surface area contributed by atoms with Crippen molar-refractivity contribution in [1.82, 2.24) is 19.9 Å². The lowest BCUT2D eigenvalue weighted by Crippen LogP contribution is -2.36. The fourth-order valence-corrected chi connectivity index (χ4v) is 2.98. The third-order valence-corrected chi connectivity index (χ3v) is 4.37. The standard InChI is InChI=1S/C18H18FN7O2.C2H4O2/c19-15-10(3-4-22-17(15)20)11-1-2-13(27)16(23-11)12-9-14(25-18(21)24-12)26-5-7-28-8-6-26;1-2(3)4/h1-4,9,27H,5-8H2,(H2,20,22)(H2,21,24,25);1H3,(H,3,4). The van der Waals surface area contributed by atoms with Gasteiger partial charge in [0.1, 0.15) is 23.0 Å². The third kappa shape index (κ3) is 5.35. The first-order chi connectivity index (χ1) is 15.3. The summed E-state index contributed by atoms with van der Waals surface area (Å²) in [6.45, 7) is 3.58. The number of ether oxygens (including phenoxy) is 1. The van der Waals surface area contributed by atoms with Gasteiger partial charge in [0.2, 0.25) is 5.95 Å². The lowest BCUT2D eigenvalue weighted by molar-refractivity contribution is -0.134. The molecule has 3 aromatic rings. The molecule has 0 unspecified atom stereocenters. The molecule has 0 radical (unpaired) electrons. The van der Waals surface area contributed by atoms with E-state index in [0.29, 0.717) is 37.8 Å². The lowest BCUT2D eigenvalue weighted by atomic mass is 10.1. The van der Waals surface area contributed by atoms with E-state index in [-0.39, 0.29) is 34.5 Å². The molecule has 11 nitrogen and oxygen atoms in total. The van der Waals surface area contributed by atoms with Crippen LogP contribution in [0.15, 0.2) is 30.5 Å². The molecule has 1 saturated heterocycles. The summed E-state index contributed by atoms with van der Waals surface area (Å²) in [6, 6.07) is 6.05. The zero-order valence-electron chi connectivity index (χ0n) is 17.2. The van der Waals surface area contributed by atoms with Crippen molar-refractivity contribution < 1.29 is 24.1 Å². The van der Waals surface area contributed by atoms with E-state index < -0.39 is 11.8 Å². The SMILES string of the molecule is CC(=O)O.Nc1nc(-c2nc(-c3ccnc(N)c3F)ccc2O)cc(N2CCOCC2)n1.